The molecular weight excluding hydrogens is 653 g/mol. The number of nitrogens with one attached hydrogen (secondary N) is 1. The average molecular weight is 688 g/mol. The first-order valence-electron chi connectivity index (χ1n) is 13.3. The quantitative estimate of drug-likeness (QED) is 0.202. The van der Waals surface area contributed by atoms with Crippen molar-refractivity contribution in [2.75, 3.05) is 32.7 Å². The summed E-state index contributed by atoms with van der Waals surface area (Å²) in [6, 6.07) is 10.3. The molecule has 4 rings (SSSR count). The molecule has 1 saturated heterocycles. The van der Waals surface area contributed by atoms with Crippen LogP contribution < -0.4 is 5.32 Å². The Morgan fingerprint density at radius 2 is 1.45 bits per heavy atom. The lowest BCUT2D eigenvalue weighted by molar-refractivity contribution is -0.143. The number of hydrogen-bond acceptors (Lipinski definition) is 4. The van der Waals surface area contributed by atoms with Gasteiger partial charge in [-0.15, -0.1) is 37.2 Å². The zero-order valence-corrected chi connectivity index (χ0v) is 26.5. The van der Waals surface area contributed by atoms with Gasteiger partial charge in [-0.25, -0.2) is 0 Å². The van der Waals surface area contributed by atoms with Gasteiger partial charge in [-0.1, -0.05) is 18.2 Å². The summed E-state index contributed by atoms with van der Waals surface area (Å²) in [6.07, 6.45) is -6.22. The fraction of sp³-hybridized carbons (Fsp3) is 0.400. The van der Waals surface area contributed by atoms with Crippen LogP contribution in [-0.4, -0.2) is 59.5 Å². The van der Waals surface area contributed by atoms with Gasteiger partial charge in [0.15, 0.2) is 0 Å². The maximum Gasteiger partial charge on any atom is 0.416 e. The van der Waals surface area contributed by atoms with Gasteiger partial charge in [-0.05, 0) is 72.9 Å². The first-order chi connectivity index (χ1) is 19.3. The van der Waals surface area contributed by atoms with Crippen LogP contribution in [0.3, 0.4) is 0 Å². The Morgan fingerprint density at radius 3 is 2.02 bits per heavy atom. The number of rotatable bonds is 8. The van der Waals surface area contributed by atoms with Crippen molar-refractivity contribution in [3.05, 3.63) is 99.9 Å². The van der Waals surface area contributed by atoms with Crippen LogP contribution in [0.15, 0.2) is 60.9 Å². The number of nitrogens with zero attached hydrogens (tertiary/aromatic N) is 3. The van der Waals surface area contributed by atoms with E-state index in [4.69, 9.17) is 0 Å². The number of carbonyl (C=O) groups excluding carboxylic acids is 1. The Kier molecular flexibility index (Phi) is 14.9. The molecular formula is C30H35Cl3F6N4O. The van der Waals surface area contributed by atoms with Gasteiger partial charge in [-0.3, -0.25) is 14.7 Å². The Hall–Kier alpha value is -2.57. The molecule has 1 aliphatic heterocycles. The van der Waals surface area contributed by atoms with Gasteiger partial charge in [0.05, 0.1) is 11.1 Å². The molecule has 5 nitrogen and oxygen atoms in total. The lowest BCUT2D eigenvalue weighted by atomic mass is 9.97. The number of carbonyl (C=O) groups is 1. The third-order valence-corrected chi connectivity index (χ3v) is 7.39. The molecule has 44 heavy (non-hydrogen) atoms. The number of benzene rings is 2. The van der Waals surface area contributed by atoms with E-state index in [1.165, 1.54) is 4.90 Å². The molecule has 0 unspecified atom stereocenters. The van der Waals surface area contributed by atoms with Gasteiger partial charge in [-0.2, -0.15) is 26.3 Å². The smallest absolute Gasteiger partial charge is 0.333 e. The first-order valence-corrected chi connectivity index (χ1v) is 13.3. The average Bonchev–Trinajstić information content (AvgIpc) is 2.92. The van der Waals surface area contributed by atoms with Crippen molar-refractivity contribution < 1.29 is 31.1 Å². The molecule has 2 aromatic carbocycles. The molecule has 1 N–H and O–H groups in total. The summed E-state index contributed by atoms with van der Waals surface area (Å²) < 4.78 is 80.9. The molecule has 1 aromatic heterocycles. The highest BCUT2D eigenvalue weighted by Gasteiger charge is 2.39. The van der Waals surface area contributed by atoms with Crippen LogP contribution in [0.1, 0.15) is 43.7 Å². The van der Waals surface area contributed by atoms with Crippen LogP contribution >= 0.6 is 37.2 Å². The van der Waals surface area contributed by atoms with Crippen LogP contribution in [0.5, 0.6) is 0 Å². The van der Waals surface area contributed by atoms with Crippen LogP contribution in [-0.2, 0) is 25.3 Å². The third kappa shape index (κ3) is 10.5. The fourth-order valence-electron chi connectivity index (χ4n) is 4.98. The zero-order chi connectivity index (χ0) is 29.8. The number of aromatic nitrogens is 1. The molecule has 1 aliphatic rings. The van der Waals surface area contributed by atoms with E-state index in [9.17, 15) is 31.1 Å². The van der Waals surface area contributed by atoms with E-state index in [1.54, 1.807) is 12.4 Å². The molecule has 14 heteroatoms. The van der Waals surface area contributed by atoms with E-state index in [2.05, 4.69) is 15.2 Å². The Bertz CT molecular complexity index is 1330. The molecule has 0 radical (unpaired) electrons. The van der Waals surface area contributed by atoms with E-state index in [-0.39, 0.29) is 49.8 Å². The second-order valence-corrected chi connectivity index (χ2v) is 10.4. The maximum atomic E-state index is 13.6. The molecule has 0 spiro atoms. The second kappa shape index (κ2) is 16.7. The monoisotopic (exact) mass is 686 g/mol. The zero-order valence-electron chi connectivity index (χ0n) is 24.0. The number of piperazine rings is 1. The highest BCUT2D eigenvalue weighted by atomic mass is 35.5. The molecule has 244 valence electrons. The lowest BCUT2D eigenvalue weighted by Gasteiger charge is -2.42. The van der Waals surface area contributed by atoms with Crippen molar-refractivity contribution in [1.82, 2.24) is 20.1 Å². The van der Waals surface area contributed by atoms with Crippen molar-refractivity contribution in [3.63, 3.8) is 0 Å². The number of halogens is 9. The van der Waals surface area contributed by atoms with Crippen molar-refractivity contribution >= 4 is 43.1 Å². The van der Waals surface area contributed by atoms with Crippen molar-refractivity contribution in [1.29, 1.82) is 0 Å². The van der Waals surface area contributed by atoms with Crippen molar-refractivity contribution in [3.8, 4) is 0 Å². The minimum Gasteiger partial charge on any atom is -0.333 e. The Balaban J connectivity index is 0.00000323. The summed E-state index contributed by atoms with van der Waals surface area (Å²) in [4.78, 5) is 21.1. The van der Waals surface area contributed by atoms with E-state index in [0.29, 0.717) is 51.3 Å². The summed E-state index contributed by atoms with van der Waals surface area (Å²) in [5, 5.41) is 3.36. The van der Waals surface area contributed by atoms with Gasteiger partial charge < -0.3 is 10.2 Å². The van der Waals surface area contributed by atoms with Gasteiger partial charge in [0, 0.05) is 63.3 Å². The summed E-state index contributed by atoms with van der Waals surface area (Å²) in [6.45, 7) is 6.97. The maximum absolute atomic E-state index is 13.6. The van der Waals surface area contributed by atoms with E-state index >= 15 is 0 Å². The largest absolute Gasteiger partial charge is 0.416 e. The minimum atomic E-state index is -5.03. The molecule has 0 bridgehead atoms. The van der Waals surface area contributed by atoms with Crippen molar-refractivity contribution in [2.24, 2.45) is 0 Å². The highest BCUT2D eigenvalue weighted by Crippen LogP contribution is 2.37. The fourth-order valence-corrected chi connectivity index (χ4v) is 4.98. The minimum absolute atomic E-state index is 0. The number of aryl methyl sites for hydroxylation is 2. The lowest BCUT2D eigenvalue weighted by Crippen LogP contribution is -2.56. The molecule has 2 heterocycles. The van der Waals surface area contributed by atoms with E-state index in [1.807, 2.05) is 44.2 Å². The molecule has 0 aliphatic carbocycles. The number of hydrogen-bond donors (Lipinski definition) is 1. The summed E-state index contributed by atoms with van der Waals surface area (Å²) in [7, 11) is 0. The van der Waals surface area contributed by atoms with Gasteiger partial charge in [0.25, 0.3) is 5.91 Å². The predicted octanol–water partition coefficient (Wildman–Crippen LogP) is 7.16. The van der Waals surface area contributed by atoms with Gasteiger partial charge in [0.1, 0.15) is 0 Å². The van der Waals surface area contributed by atoms with Crippen LogP contribution in [0.2, 0.25) is 0 Å². The standard InChI is InChI=1S/C30H32F6N4O.3ClH/c1-20-3-4-23(13-21(20)2)14-27-19-39(10-9-38-18-22-5-7-37-8-6-22)11-12-40(27)28(41)24-15-25(29(31,32)33)17-26(16-24)30(34,35)36;;;/h3-8,13,15-17,27,38H,9-12,14,18-19H2,1-2H3;3*1H/t27-;;;/m1.../s1. The van der Waals surface area contributed by atoms with Crippen LogP contribution in [0.25, 0.3) is 0 Å². The van der Waals surface area contributed by atoms with Gasteiger partial charge in [0.2, 0.25) is 0 Å². The molecule has 0 saturated carbocycles. The molecule has 3 aromatic rings. The summed E-state index contributed by atoms with van der Waals surface area (Å²) in [5.41, 5.74) is 0.554. The Morgan fingerprint density at radius 1 is 0.841 bits per heavy atom. The Labute approximate surface area is 271 Å². The molecule has 1 amide bonds. The number of pyridine rings is 1. The van der Waals surface area contributed by atoms with Crippen molar-refractivity contribution in [2.45, 2.75) is 45.2 Å². The first kappa shape index (κ1) is 39.5. The third-order valence-electron chi connectivity index (χ3n) is 7.39. The number of amides is 1. The normalized spacial score (nSPS) is 15.5. The van der Waals surface area contributed by atoms with Crippen LogP contribution in [0.4, 0.5) is 26.3 Å². The SMILES string of the molecule is Cc1ccc(C[C@@H]2CN(CCNCc3ccncc3)CCN2C(=O)c2cc(C(F)(F)F)cc(C(F)(F)F)c2)cc1C.Cl.Cl.Cl. The molecule has 1 atom stereocenters. The topological polar surface area (TPSA) is 48.5 Å². The van der Waals surface area contributed by atoms with Gasteiger partial charge >= 0.3 is 12.4 Å². The van der Waals surface area contributed by atoms with E-state index in [0.717, 1.165) is 22.3 Å². The highest BCUT2D eigenvalue weighted by molar-refractivity contribution is 5.95. The summed E-state index contributed by atoms with van der Waals surface area (Å²) in [5.74, 6) is -0.842. The predicted molar refractivity (Wildman–Crippen MR) is 165 cm³/mol. The molecule has 1 fully saturated rings. The van der Waals surface area contributed by atoms with Crippen LogP contribution in [0, 0.1) is 13.8 Å². The summed E-state index contributed by atoms with van der Waals surface area (Å²) >= 11 is 0. The number of alkyl halides is 6. The second-order valence-electron chi connectivity index (χ2n) is 10.4. The van der Waals surface area contributed by atoms with E-state index < -0.39 is 41.0 Å².